The van der Waals surface area contributed by atoms with Gasteiger partial charge in [-0.05, 0) is 36.4 Å². The third kappa shape index (κ3) is 3.29. The Morgan fingerprint density at radius 1 is 1.08 bits per heavy atom. The Balaban J connectivity index is 1.34. The van der Waals surface area contributed by atoms with E-state index in [4.69, 9.17) is 4.42 Å². The molecule has 1 saturated heterocycles. The quantitative estimate of drug-likeness (QED) is 0.788. The lowest BCUT2D eigenvalue weighted by molar-refractivity contribution is 0.247. The maximum absolute atomic E-state index is 9.39. The number of nitrogens with zero attached hydrogens (tertiary/aromatic N) is 3. The van der Waals surface area contributed by atoms with Gasteiger partial charge in [0.15, 0.2) is 10.8 Å². The van der Waals surface area contributed by atoms with Crippen molar-refractivity contribution in [2.24, 2.45) is 0 Å². The van der Waals surface area contributed by atoms with Gasteiger partial charge in [-0.3, -0.25) is 4.90 Å². The van der Waals surface area contributed by atoms with Crippen LogP contribution in [0.4, 0.5) is 5.69 Å². The highest BCUT2D eigenvalue weighted by molar-refractivity contribution is 7.13. The van der Waals surface area contributed by atoms with E-state index in [-0.39, 0.29) is 0 Å². The van der Waals surface area contributed by atoms with Crippen LogP contribution >= 0.6 is 11.3 Å². The Morgan fingerprint density at radius 2 is 1.88 bits per heavy atom. The Bertz CT molecular complexity index is 775. The molecule has 0 bridgehead atoms. The summed E-state index contributed by atoms with van der Waals surface area (Å²) in [6.45, 7) is 4.86. The van der Waals surface area contributed by atoms with Gasteiger partial charge in [0, 0.05) is 43.8 Å². The van der Waals surface area contributed by atoms with Crippen molar-refractivity contribution in [1.82, 2.24) is 9.88 Å². The largest absolute Gasteiger partial charge is 0.508 e. The van der Waals surface area contributed by atoms with E-state index in [2.05, 4.69) is 20.2 Å². The molecule has 3 aromatic rings. The van der Waals surface area contributed by atoms with E-state index in [9.17, 15) is 5.11 Å². The van der Waals surface area contributed by atoms with Gasteiger partial charge in [-0.25, -0.2) is 4.98 Å². The molecule has 0 atom stereocenters. The maximum Gasteiger partial charge on any atom is 0.162 e. The molecule has 1 N–H and O–H groups in total. The summed E-state index contributed by atoms with van der Waals surface area (Å²) in [5.41, 5.74) is 2.27. The molecule has 1 aromatic carbocycles. The van der Waals surface area contributed by atoms with Crippen molar-refractivity contribution in [3.63, 3.8) is 0 Å². The Hall–Kier alpha value is -2.31. The number of phenolic OH excluding ortho intramolecular Hbond substituents is 1. The zero-order chi connectivity index (χ0) is 16.4. The average Bonchev–Trinajstić information content (AvgIpc) is 3.28. The van der Waals surface area contributed by atoms with Gasteiger partial charge in [0.2, 0.25) is 0 Å². The monoisotopic (exact) mass is 341 g/mol. The van der Waals surface area contributed by atoms with E-state index in [1.807, 2.05) is 24.3 Å². The van der Waals surface area contributed by atoms with Crippen molar-refractivity contribution in [3.05, 3.63) is 53.7 Å². The maximum atomic E-state index is 9.39. The minimum atomic E-state index is 0.313. The fraction of sp³-hybridized carbons (Fsp3) is 0.278. The van der Waals surface area contributed by atoms with Crippen molar-refractivity contribution in [2.45, 2.75) is 6.54 Å². The van der Waals surface area contributed by atoms with Crippen LogP contribution in [0.2, 0.25) is 0 Å². The summed E-state index contributed by atoms with van der Waals surface area (Å²) in [5.74, 6) is 1.15. The third-order valence-corrected chi connectivity index (χ3v) is 5.16. The van der Waals surface area contributed by atoms with Gasteiger partial charge in [0.25, 0.3) is 0 Å². The van der Waals surface area contributed by atoms with E-state index >= 15 is 0 Å². The summed E-state index contributed by atoms with van der Waals surface area (Å²) in [6, 6.07) is 11.3. The van der Waals surface area contributed by atoms with Crippen molar-refractivity contribution in [1.29, 1.82) is 0 Å². The van der Waals surface area contributed by atoms with Crippen molar-refractivity contribution in [2.75, 3.05) is 31.1 Å². The summed E-state index contributed by atoms with van der Waals surface area (Å²) in [7, 11) is 0. The number of aromatic nitrogens is 1. The number of thiazole rings is 1. The number of phenols is 1. The summed E-state index contributed by atoms with van der Waals surface area (Å²) in [4.78, 5) is 9.46. The molecule has 0 unspecified atom stereocenters. The van der Waals surface area contributed by atoms with Crippen LogP contribution in [0.3, 0.4) is 0 Å². The normalized spacial score (nSPS) is 15.8. The van der Waals surface area contributed by atoms with E-state index in [1.165, 1.54) is 5.69 Å². The molecule has 1 aliphatic heterocycles. The predicted molar refractivity (Wildman–Crippen MR) is 95.4 cm³/mol. The van der Waals surface area contributed by atoms with Gasteiger partial charge >= 0.3 is 0 Å². The standard InChI is InChI=1S/C18H19N3O2S/c22-16-5-3-15(4-6-16)21-9-7-20(8-10-21)12-14-13-24-18(19-14)17-2-1-11-23-17/h1-6,11,13,22H,7-10,12H2. The van der Waals surface area contributed by atoms with E-state index in [0.29, 0.717) is 5.75 Å². The lowest BCUT2D eigenvalue weighted by Gasteiger charge is -2.35. The van der Waals surface area contributed by atoms with Crippen LogP contribution in [0, 0.1) is 0 Å². The summed E-state index contributed by atoms with van der Waals surface area (Å²) in [5, 5.41) is 12.4. The van der Waals surface area contributed by atoms with E-state index < -0.39 is 0 Å². The molecule has 124 valence electrons. The molecular weight excluding hydrogens is 322 g/mol. The number of anilines is 1. The molecule has 4 rings (SSSR count). The molecule has 0 amide bonds. The van der Waals surface area contributed by atoms with Gasteiger partial charge in [0.1, 0.15) is 5.75 Å². The summed E-state index contributed by atoms with van der Waals surface area (Å²) in [6.07, 6.45) is 1.68. The number of hydrogen-bond donors (Lipinski definition) is 1. The molecule has 1 fully saturated rings. The van der Waals surface area contributed by atoms with Crippen LogP contribution in [0.25, 0.3) is 10.8 Å². The average molecular weight is 341 g/mol. The van der Waals surface area contributed by atoms with Crippen LogP contribution in [0.1, 0.15) is 5.69 Å². The second-order valence-electron chi connectivity index (χ2n) is 5.90. The van der Waals surface area contributed by atoms with Crippen LogP contribution < -0.4 is 4.90 Å². The molecule has 0 spiro atoms. The second-order valence-corrected chi connectivity index (χ2v) is 6.76. The molecular formula is C18H19N3O2S. The van der Waals surface area contributed by atoms with Crippen LogP contribution in [0.15, 0.2) is 52.5 Å². The zero-order valence-electron chi connectivity index (χ0n) is 13.3. The molecule has 0 saturated carbocycles. The molecule has 2 aromatic heterocycles. The van der Waals surface area contributed by atoms with E-state index in [0.717, 1.165) is 49.2 Å². The minimum absolute atomic E-state index is 0.313. The van der Waals surface area contributed by atoms with Crippen molar-refractivity contribution >= 4 is 17.0 Å². The highest BCUT2D eigenvalue weighted by Crippen LogP contribution is 2.25. The summed E-state index contributed by atoms with van der Waals surface area (Å²) < 4.78 is 5.40. The number of benzene rings is 1. The Kier molecular flexibility index (Phi) is 4.23. The molecule has 0 radical (unpaired) electrons. The van der Waals surface area contributed by atoms with Gasteiger partial charge in [-0.2, -0.15) is 0 Å². The fourth-order valence-corrected chi connectivity index (χ4v) is 3.73. The number of aromatic hydroxyl groups is 1. The van der Waals surface area contributed by atoms with Crippen molar-refractivity contribution < 1.29 is 9.52 Å². The SMILES string of the molecule is Oc1ccc(N2CCN(Cc3csc(-c4ccco4)n3)CC2)cc1. The minimum Gasteiger partial charge on any atom is -0.508 e. The molecule has 0 aliphatic carbocycles. The number of furan rings is 1. The third-order valence-electron chi connectivity index (χ3n) is 4.26. The van der Waals surface area contributed by atoms with Gasteiger partial charge < -0.3 is 14.4 Å². The van der Waals surface area contributed by atoms with Crippen LogP contribution in [-0.2, 0) is 6.54 Å². The highest BCUT2D eigenvalue weighted by Gasteiger charge is 2.18. The highest BCUT2D eigenvalue weighted by atomic mass is 32.1. The second kappa shape index (κ2) is 6.67. The zero-order valence-corrected chi connectivity index (χ0v) is 14.1. The van der Waals surface area contributed by atoms with Crippen LogP contribution in [-0.4, -0.2) is 41.2 Å². The first-order valence-corrected chi connectivity index (χ1v) is 8.90. The van der Waals surface area contributed by atoms with Gasteiger partial charge in [-0.1, -0.05) is 0 Å². The number of rotatable bonds is 4. The lowest BCUT2D eigenvalue weighted by Crippen LogP contribution is -2.46. The fourth-order valence-electron chi connectivity index (χ4n) is 2.95. The lowest BCUT2D eigenvalue weighted by atomic mass is 10.2. The Morgan fingerprint density at radius 3 is 2.58 bits per heavy atom. The molecule has 5 nitrogen and oxygen atoms in total. The first kappa shape index (κ1) is 15.2. The Labute approximate surface area is 144 Å². The van der Waals surface area contributed by atoms with Crippen molar-refractivity contribution in [3.8, 4) is 16.5 Å². The van der Waals surface area contributed by atoms with Crippen LogP contribution in [0.5, 0.6) is 5.75 Å². The first-order valence-electron chi connectivity index (χ1n) is 8.02. The van der Waals surface area contributed by atoms with E-state index in [1.54, 1.807) is 29.7 Å². The summed E-state index contributed by atoms with van der Waals surface area (Å²) >= 11 is 1.63. The molecule has 24 heavy (non-hydrogen) atoms. The molecule has 1 aliphatic rings. The van der Waals surface area contributed by atoms with Gasteiger partial charge in [-0.15, -0.1) is 11.3 Å². The molecule has 3 heterocycles. The smallest absolute Gasteiger partial charge is 0.162 e. The topological polar surface area (TPSA) is 52.7 Å². The predicted octanol–water partition coefficient (Wildman–Crippen LogP) is 3.43. The number of piperazine rings is 1. The first-order chi connectivity index (χ1) is 11.8. The number of hydrogen-bond acceptors (Lipinski definition) is 6. The molecule has 6 heteroatoms. The van der Waals surface area contributed by atoms with Gasteiger partial charge in [0.05, 0.1) is 12.0 Å².